The summed E-state index contributed by atoms with van der Waals surface area (Å²) in [5.74, 6) is 5.56. The second-order valence-corrected chi connectivity index (χ2v) is 27.6. The maximum absolute atomic E-state index is 7.67. The van der Waals surface area contributed by atoms with E-state index in [1.807, 2.05) is 145 Å². The van der Waals surface area contributed by atoms with Gasteiger partial charge in [0.2, 0.25) is 55.3 Å². The Morgan fingerprint density at radius 3 is 1.22 bits per heavy atom. The van der Waals surface area contributed by atoms with E-state index in [0.29, 0.717) is 76.9 Å². The first-order chi connectivity index (χ1) is 63.2. The molecule has 8 aromatic carbocycles. The zero-order valence-electron chi connectivity index (χ0n) is 76.9. The molecule has 0 spiro atoms. The first-order valence-electron chi connectivity index (χ1n) is 40.8. The number of para-hydroxylation sites is 1. The number of nitrogens with two attached hydrogens (primary N) is 17. The number of aliphatic imine (C=N–C) groups is 15. The van der Waals surface area contributed by atoms with Crippen LogP contribution in [0.3, 0.4) is 0 Å². The molecule has 0 atom stereocenters. The minimum atomic E-state index is -0.150. The van der Waals surface area contributed by atoms with Crippen LogP contribution in [0.1, 0.15) is 40.7 Å². The highest BCUT2D eigenvalue weighted by Crippen LogP contribution is 2.36. The van der Waals surface area contributed by atoms with E-state index < -0.39 is 0 Å². The number of fused-ring (bicyclic) bond motifs is 2. The van der Waals surface area contributed by atoms with Crippen LogP contribution < -0.4 is 132 Å². The second kappa shape index (κ2) is 62.9. The predicted molar refractivity (Wildman–Crippen MR) is 542 cm³/mol. The van der Waals surface area contributed by atoms with Gasteiger partial charge < -0.3 is 147 Å². The lowest BCUT2D eigenvalue weighted by Gasteiger charge is -2.17. The predicted octanol–water partition coefficient (Wildman–Crippen LogP) is 2.36. The summed E-state index contributed by atoms with van der Waals surface area (Å²) < 4.78 is 20.8. The van der Waals surface area contributed by atoms with Crippen LogP contribution in [0.25, 0.3) is 0 Å². The van der Waals surface area contributed by atoms with Gasteiger partial charge in [-0.2, -0.15) is 34.9 Å². The zero-order valence-corrected chi connectivity index (χ0v) is 76.9. The van der Waals surface area contributed by atoms with E-state index in [1.165, 1.54) is 27.2 Å². The highest BCUT2D eigenvalue weighted by molar-refractivity contribution is 6.02. The molecule has 8 aromatic rings. The number of anilines is 1. The monoisotopic (exact) mass is 1810 g/mol. The number of hydrogen-bond acceptors (Lipinski definition) is 13. The molecule has 0 fully saturated rings. The number of nitrogens with one attached hydrogen (secondary N) is 3. The third kappa shape index (κ3) is 47.8. The van der Waals surface area contributed by atoms with Crippen molar-refractivity contribution < 1.29 is 18.9 Å². The largest absolute Gasteiger partial charge is 0.454 e. The van der Waals surface area contributed by atoms with E-state index in [1.54, 1.807) is 110 Å². The molecule has 0 saturated heterocycles. The summed E-state index contributed by atoms with van der Waals surface area (Å²) in [5.41, 5.74) is 100. The summed E-state index contributed by atoms with van der Waals surface area (Å²) in [6.45, 7) is 4.15. The van der Waals surface area contributed by atoms with Crippen LogP contribution in [-0.4, -0.2) is 232 Å². The van der Waals surface area contributed by atoms with Crippen LogP contribution in [0.5, 0.6) is 23.0 Å². The van der Waals surface area contributed by atoms with Crippen molar-refractivity contribution in [2.75, 3.05) is 122 Å². The van der Waals surface area contributed by atoms with E-state index in [9.17, 15) is 0 Å². The Balaban J connectivity index is 0.000000389. The molecule has 2 aliphatic rings. The molecule has 0 saturated carbocycles. The van der Waals surface area contributed by atoms with E-state index in [0.717, 1.165) is 81.6 Å². The van der Waals surface area contributed by atoms with Crippen molar-refractivity contribution in [2.45, 2.75) is 45.1 Å². The van der Waals surface area contributed by atoms with E-state index in [-0.39, 0.29) is 67.2 Å². The average Bonchev–Trinajstić information content (AvgIpc) is 1.69. The Labute approximate surface area is 772 Å². The number of hydrogen-bond donors (Lipinski definition) is 20. The number of benzene rings is 8. The van der Waals surface area contributed by atoms with Gasteiger partial charge in [-0.25, -0.2) is 15.0 Å². The highest BCUT2D eigenvalue weighted by atomic mass is 16.7. The van der Waals surface area contributed by atoms with Gasteiger partial charge >= 0.3 is 0 Å². The smallest absolute Gasteiger partial charge is 0.231 e. The minimum absolute atomic E-state index is 0.00723. The van der Waals surface area contributed by atoms with Crippen LogP contribution >= 0.6 is 0 Å². The molecule has 44 heteroatoms. The molecular weight excluding hydrogens is 1680 g/mol. The van der Waals surface area contributed by atoms with Gasteiger partial charge in [-0.05, 0) is 103 Å². The van der Waals surface area contributed by atoms with Crippen LogP contribution in [0.4, 0.5) is 17.1 Å². The normalized spacial score (nSPS) is 12.1. The molecule has 2 aliphatic heterocycles. The summed E-state index contributed by atoms with van der Waals surface area (Å²) in [7, 11) is 18.9. The van der Waals surface area contributed by atoms with Gasteiger partial charge in [0.05, 0.1) is 17.9 Å². The first-order valence-corrected chi connectivity index (χ1v) is 40.8. The van der Waals surface area contributed by atoms with Gasteiger partial charge in [0, 0.05) is 122 Å². The van der Waals surface area contributed by atoms with E-state index in [2.05, 4.69) is 146 Å². The number of aryl methyl sites for hydroxylation is 2. The fourth-order valence-corrected chi connectivity index (χ4v) is 10.3. The fourth-order valence-electron chi connectivity index (χ4n) is 10.3. The molecular formula is C88H132N40O4. The molecule has 0 radical (unpaired) electrons. The molecule has 10 rings (SSSR count). The topological polar surface area (TPSA) is 729 Å². The van der Waals surface area contributed by atoms with Crippen LogP contribution in [0.15, 0.2) is 293 Å². The van der Waals surface area contributed by atoms with Crippen molar-refractivity contribution in [1.82, 2.24) is 30.2 Å². The molecule has 0 unspecified atom stereocenters. The van der Waals surface area contributed by atoms with Crippen molar-refractivity contribution in [3.05, 3.63) is 246 Å². The summed E-state index contributed by atoms with van der Waals surface area (Å²) >= 11 is 0. The van der Waals surface area contributed by atoms with Crippen LogP contribution in [-0.2, 0) is 32.2 Å². The van der Waals surface area contributed by atoms with Gasteiger partial charge in [-0.3, -0.25) is 35.3 Å². The Morgan fingerprint density at radius 2 is 0.758 bits per heavy atom. The van der Waals surface area contributed by atoms with E-state index >= 15 is 0 Å². The molecule has 0 bridgehead atoms. The number of likely N-dealkylation sites (N-methyl/N-ethyl adjacent to an activating group) is 1. The first kappa shape index (κ1) is 109. The lowest BCUT2D eigenvalue weighted by Crippen LogP contribution is -2.43. The SMILES string of the molecule is CN(C(=N)N=C(N)N)c1ccc2c(c1)OCO2.CN(C)C(N)=NC(N)=Nc1ccccc1.CN=C(N)N(C)C(N)=NCc1ccccc1.CN=C(N)N=C(N)N(C)CCc1ccccc1.CN=C(N=C(N)N)N(C)CCCc1ccccc1.CN=C(N=C(N)N)NCCCc1ccccc1.CN=C(N=C(N)N)NCCc1ccccc1.NC(N)=NC(N)=Nc1ccc2c(c1)OCO2. The Kier molecular flexibility index (Phi) is 52.0. The quantitative estimate of drug-likeness (QED) is 0.0314. The highest BCUT2D eigenvalue weighted by Gasteiger charge is 2.18. The second-order valence-electron chi connectivity index (χ2n) is 27.6. The lowest BCUT2D eigenvalue weighted by atomic mass is 10.1. The maximum Gasteiger partial charge on any atom is 0.231 e. The van der Waals surface area contributed by atoms with Crippen molar-refractivity contribution in [1.29, 1.82) is 5.41 Å². The van der Waals surface area contributed by atoms with Gasteiger partial charge in [0.25, 0.3) is 0 Å². The number of ether oxygens (including phenoxy) is 4. The average molecular weight is 1810 g/mol. The Bertz CT molecular complexity index is 5180. The van der Waals surface area contributed by atoms with Gasteiger partial charge in [-0.15, -0.1) is 0 Å². The van der Waals surface area contributed by atoms with Crippen LogP contribution in [0.2, 0.25) is 0 Å². The minimum Gasteiger partial charge on any atom is -0.454 e. The van der Waals surface area contributed by atoms with Gasteiger partial charge in [-0.1, -0.05) is 170 Å². The number of nitrogens with zero attached hydrogens (tertiary/aromatic N) is 20. The molecule has 0 aliphatic carbocycles. The van der Waals surface area contributed by atoms with Gasteiger partial charge in [0.1, 0.15) is 0 Å². The molecule has 0 amide bonds. The zero-order chi connectivity index (χ0) is 97.6. The third-order valence-electron chi connectivity index (χ3n) is 17.2. The molecule has 2 heterocycles. The Morgan fingerprint density at radius 1 is 0.341 bits per heavy atom. The summed E-state index contributed by atoms with van der Waals surface area (Å²) in [4.78, 5) is 67.1. The van der Waals surface area contributed by atoms with E-state index in [4.69, 9.17) is 122 Å². The molecule has 0 aromatic heterocycles. The van der Waals surface area contributed by atoms with Crippen molar-refractivity contribution in [2.24, 2.45) is 172 Å². The molecule has 44 nitrogen and oxygen atoms in total. The number of guanidine groups is 16. The summed E-state index contributed by atoms with van der Waals surface area (Å²) in [5, 5.41) is 13.8. The molecule has 37 N–H and O–H groups in total. The van der Waals surface area contributed by atoms with Crippen molar-refractivity contribution >= 4 is 112 Å². The van der Waals surface area contributed by atoms with Crippen molar-refractivity contribution in [3.63, 3.8) is 0 Å². The summed E-state index contributed by atoms with van der Waals surface area (Å²) in [6.07, 6.45) is 5.90. The van der Waals surface area contributed by atoms with Crippen LogP contribution in [0, 0.1) is 5.41 Å². The Hall–Kier alpha value is -17.1. The van der Waals surface area contributed by atoms with Gasteiger partial charge in [0.15, 0.2) is 76.6 Å². The van der Waals surface area contributed by atoms with Crippen molar-refractivity contribution in [3.8, 4) is 23.0 Å². The summed E-state index contributed by atoms with van der Waals surface area (Å²) in [6, 6.07) is 70.8. The standard InChI is InChI=1S/C13H21N5.2C12H19N5.2C11H17N5.C10H13N5O2.C10H15N5.C9H11N5O2/c1-16-13(17-12(14)15)18(2)10-6-9-11-7-4-3-5-8-11;1-15-11(13)16-12(14)17(2)9-8-10-6-4-3-5-7-10;1-15-12(17-11(13)14)16-9-5-8-10-6-3-2-4-7-10;1-14-10(12)16(2)11(13)15-8-9-6-4-3-5-7-9;1-14-11(16-10(12)13)15-8-7-9-5-3-2-4-6-9;1-15(10(13)14-9(11)12)6-2-3-7-8(4-6)17-5-16-7;1-15(2)10(12)14-9(11)13-8-6-4-3-5-7-8;10-8(11)14-9(12)13-5-1-2-6-7(3-5)16-4-15-6/h3-5,7-8H,6,9-10H2,1-2H3,(H4,14,15,16,17);3-7H,8-9H2,1-2H3,(H4,13,14,15,16);2-4,6-7H,5,8-9H2,1H3,(H5,13,14,15,16,17);3-7H,8H2,1-2H3,(H2,12,14)(H2,13,15);2-6H,7-8H2,1H3,(H5,12,13,14,15,16);2-4H,5H2,1H3,(H5,11,12,13,14);3-7H,1-2H3,(H4,11,12,13,14);1-3H,4H2,(H6,10,11,12,13,14). The maximum atomic E-state index is 7.67. The number of rotatable bonds is 19. The lowest BCUT2D eigenvalue weighted by molar-refractivity contribution is 0.173. The molecule has 132 heavy (non-hydrogen) atoms. The molecule has 708 valence electrons. The fraction of sp³-hybridized carbons (Fsp3) is 0.273. The third-order valence-corrected chi connectivity index (χ3v) is 17.2.